The van der Waals surface area contributed by atoms with E-state index in [1.807, 2.05) is 7.05 Å². The molecule has 1 aliphatic heterocycles. The van der Waals surface area contributed by atoms with Gasteiger partial charge in [0.05, 0.1) is 11.7 Å². The number of fused-ring (bicyclic) bond motifs is 1. The number of rotatable bonds is 6. The number of sulfonamides is 1. The Kier molecular flexibility index (Phi) is 5.62. The Labute approximate surface area is 151 Å². The predicted octanol–water partition coefficient (Wildman–Crippen LogP) is 0.524. The lowest BCUT2D eigenvalue weighted by molar-refractivity contribution is -0.132. The van der Waals surface area contributed by atoms with Crippen molar-refractivity contribution in [1.29, 1.82) is 0 Å². The van der Waals surface area contributed by atoms with E-state index in [4.69, 9.17) is 0 Å². The highest BCUT2D eigenvalue weighted by molar-refractivity contribution is 7.89. The minimum absolute atomic E-state index is 0.0816. The van der Waals surface area contributed by atoms with Crippen molar-refractivity contribution >= 4 is 38.7 Å². The second kappa shape index (κ2) is 7.73. The molecule has 8 nitrogen and oxygen atoms in total. The summed E-state index contributed by atoms with van der Waals surface area (Å²) in [6, 6.07) is 4.99. The lowest BCUT2D eigenvalue weighted by Crippen LogP contribution is -2.50. The van der Waals surface area contributed by atoms with Gasteiger partial charge in [0.2, 0.25) is 15.9 Å². The first kappa shape index (κ1) is 18.2. The molecule has 1 saturated heterocycles. The van der Waals surface area contributed by atoms with Crippen molar-refractivity contribution in [2.24, 2.45) is 0 Å². The molecule has 136 valence electrons. The first-order valence-electron chi connectivity index (χ1n) is 8.18. The molecule has 1 aliphatic rings. The normalized spacial score (nSPS) is 16.4. The molecule has 3 rings (SSSR count). The maximum atomic E-state index is 12.9. The second-order valence-electron chi connectivity index (χ2n) is 5.88. The number of hydrogen-bond acceptors (Lipinski definition) is 7. The van der Waals surface area contributed by atoms with Gasteiger partial charge in [-0.2, -0.15) is 13.1 Å². The molecule has 1 amide bonds. The Morgan fingerprint density at radius 2 is 2.00 bits per heavy atom. The molecular weight excluding hydrogens is 362 g/mol. The molecule has 1 aromatic heterocycles. The maximum Gasteiger partial charge on any atom is 0.245 e. The molecular formula is C15H21N5O3S2. The summed E-state index contributed by atoms with van der Waals surface area (Å²) in [6.07, 6.45) is 1.27. The van der Waals surface area contributed by atoms with Crippen LogP contribution in [0.4, 0.5) is 0 Å². The quantitative estimate of drug-likeness (QED) is 0.731. The fourth-order valence-corrected chi connectivity index (χ4v) is 5.06. The van der Waals surface area contributed by atoms with E-state index in [0.29, 0.717) is 43.6 Å². The molecule has 0 atom stereocenters. The fraction of sp³-hybridized carbons (Fsp3) is 0.533. The highest BCUT2D eigenvalue weighted by Gasteiger charge is 2.31. The third-order valence-corrected chi connectivity index (χ3v) is 6.75. The van der Waals surface area contributed by atoms with Crippen LogP contribution >= 0.6 is 11.7 Å². The van der Waals surface area contributed by atoms with Crippen molar-refractivity contribution in [3.8, 4) is 0 Å². The summed E-state index contributed by atoms with van der Waals surface area (Å²) >= 11 is 1.00. The van der Waals surface area contributed by atoms with E-state index < -0.39 is 10.0 Å². The van der Waals surface area contributed by atoms with Gasteiger partial charge in [0.1, 0.15) is 15.9 Å². The van der Waals surface area contributed by atoms with Crippen LogP contribution in [0.1, 0.15) is 12.8 Å². The Balaban J connectivity index is 1.68. The van der Waals surface area contributed by atoms with Gasteiger partial charge in [-0.3, -0.25) is 4.79 Å². The van der Waals surface area contributed by atoms with Crippen molar-refractivity contribution in [3.05, 3.63) is 18.2 Å². The molecule has 1 aromatic carbocycles. The van der Waals surface area contributed by atoms with E-state index in [-0.39, 0.29) is 10.8 Å². The summed E-state index contributed by atoms with van der Waals surface area (Å²) in [5.41, 5.74) is 1.00. The molecule has 0 bridgehead atoms. The van der Waals surface area contributed by atoms with Crippen LogP contribution in [0.25, 0.3) is 11.0 Å². The molecule has 0 radical (unpaired) electrons. The summed E-state index contributed by atoms with van der Waals surface area (Å²) < 4.78 is 35.5. The van der Waals surface area contributed by atoms with Crippen LogP contribution in [-0.4, -0.2) is 72.0 Å². The number of hydrogen-bond donors (Lipinski definition) is 1. The average Bonchev–Trinajstić information content (AvgIpc) is 3.10. The number of carbonyl (C=O) groups excluding carboxylic acids is 1. The topological polar surface area (TPSA) is 95.5 Å². The van der Waals surface area contributed by atoms with Crippen molar-refractivity contribution in [2.45, 2.75) is 17.7 Å². The standard InChI is InChI=1S/C15H21N5O3S2/c1-16-7-3-6-14(21)19-8-10-20(11-9-19)25(22,23)13-5-2-4-12-15(13)18-24-17-12/h2,4-5,16H,3,6-11H2,1H3. The molecule has 25 heavy (non-hydrogen) atoms. The largest absolute Gasteiger partial charge is 0.340 e. The van der Waals surface area contributed by atoms with Gasteiger partial charge in [-0.15, -0.1) is 0 Å². The summed E-state index contributed by atoms with van der Waals surface area (Å²) in [6.45, 7) is 2.24. The number of aromatic nitrogens is 2. The van der Waals surface area contributed by atoms with Crippen molar-refractivity contribution in [2.75, 3.05) is 39.8 Å². The molecule has 2 aromatic rings. The van der Waals surface area contributed by atoms with Crippen LogP contribution in [0.15, 0.2) is 23.1 Å². The number of benzene rings is 1. The number of piperazine rings is 1. The Morgan fingerprint density at radius 1 is 1.24 bits per heavy atom. The molecule has 0 unspecified atom stereocenters. The van der Waals surface area contributed by atoms with Gasteiger partial charge in [0.15, 0.2) is 0 Å². The minimum Gasteiger partial charge on any atom is -0.340 e. The lowest BCUT2D eigenvalue weighted by atomic mass is 10.2. The lowest BCUT2D eigenvalue weighted by Gasteiger charge is -2.34. The van der Waals surface area contributed by atoms with Crippen molar-refractivity contribution < 1.29 is 13.2 Å². The summed E-state index contributed by atoms with van der Waals surface area (Å²) in [5, 5.41) is 3.02. The molecule has 2 heterocycles. The molecule has 0 spiro atoms. The first-order valence-corrected chi connectivity index (χ1v) is 10.3. The maximum absolute atomic E-state index is 12.9. The van der Waals surface area contributed by atoms with E-state index in [2.05, 4.69) is 14.1 Å². The summed E-state index contributed by atoms with van der Waals surface area (Å²) in [4.78, 5) is 14.1. The third kappa shape index (κ3) is 3.81. The van der Waals surface area contributed by atoms with Crippen LogP contribution in [-0.2, 0) is 14.8 Å². The van der Waals surface area contributed by atoms with Gasteiger partial charge in [0.25, 0.3) is 0 Å². The van der Waals surface area contributed by atoms with Gasteiger partial charge in [0, 0.05) is 32.6 Å². The van der Waals surface area contributed by atoms with Crippen LogP contribution in [0, 0.1) is 0 Å². The Morgan fingerprint density at radius 3 is 2.72 bits per heavy atom. The van der Waals surface area contributed by atoms with Gasteiger partial charge in [-0.05, 0) is 32.1 Å². The zero-order valence-corrected chi connectivity index (χ0v) is 15.6. The minimum atomic E-state index is -3.64. The van der Waals surface area contributed by atoms with E-state index in [1.54, 1.807) is 23.1 Å². The van der Waals surface area contributed by atoms with E-state index in [0.717, 1.165) is 24.7 Å². The second-order valence-corrected chi connectivity index (χ2v) is 8.31. The monoisotopic (exact) mass is 383 g/mol. The summed E-state index contributed by atoms with van der Waals surface area (Å²) in [5.74, 6) is 0.0816. The first-order chi connectivity index (χ1) is 12.0. The molecule has 0 saturated carbocycles. The SMILES string of the molecule is CNCCCC(=O)N1CCN(S(=O)(=O)c2cccc3nsnc23)CC1. The zero-order chi connectivity index (χ0) is 17.9. The van der Waals surface area contributed by atoms with E-state index in [9.17, 15) is 13.2 Å². The molecule has 0 aliphatic carbocycles. The van der Waals surface area contributed by atoms with E-state index >= 15 is 0 Å². The predicted molar refractivity (Wildman–Crippen MR) is 95.9 cm³/mol. The summed E-state index contributed by atoms with van der Waals surface area (Å²) in [7, 11) is -1.79. The van der Waals surface area contributed by atoms with Gasteiger partial charge >= 0.3 is 0 Å². The highest BCUT2D eigenvalue weighted by Crippen LogP contribution is 2.25. The number of carbonyl (C=O) groups is 1. The van der Waals surface area contributed by atoms with Crippen LogP contribution in [0.3, 0.4) is 0 Å². The van der Waals surface area contributed by atoms with Crippen molar-refractivity contribution in [1.82, 2.24) is 23.3 Å². The smallest absolute Gasteiger partial charge is 0.245 e. The van der Waals surface area contributed by atoms with Crippen LogP contribution in [0.2, 0.25) is 0 Å². The Bertz CT molecular complexity index is 844. The van der Waals surface area contributed by atoms with Crippen molar-refractivity contribution in [3.63, 3.8) is 0 Å². The number of amides is 1. The molecule has 10 heteroatoms. The fourth-order valence-electron chi connectivity index (χ4n) is 2.88. The van der Waals surface area contributed by atoms with Crippen LogP contribution < -0.4 is 5.32 Å². The van der Waals surface area contributed by atoms with Gasteiger partial charge in [-0.25, -0.2) is 8.42 Å². The van der Waals surface area contributed by atoms with Crippen LogP contribution in [0.5, 0.6) is 0 Å². The average molecular weight is 383 g/mol. The van der Waals surface area contributed by atoms with Gasteiger partial charge in [-0.1, -0.05) is 6.07 Å². The molecule has 1 N–H and O–H groups in total. The molecule has 1 fully saturated rings. The number of nitrogens with zero attached hydrogens (tertiary/aromatic N) is 4. The zero-order valence-electron chi connectivity index (χ0n) is 14.0. The van der Waals surface area contributed by atoms with E-state index in [1.165, 1.54) is 4.31 Å². The Hall–Kier alpha value is -1.62. The highest BCUT2D eigenvalue weighted by atomic mass is 32.2. The number of nitrogens with one attached hydrogen (secondary N) is 1. The van der Waals surface area contributed by atoms with Gasteiger partial charge < -0.3 is 10.2 Å². The third-order valence-electron chi connectivity index (χ3n) is 4.28.